The number of rotatable bonds is 35. The highest BCUT2D eigenvalue weighted by atomic mass is 31.2. The maximum absolute atomic E-state index is 12.8. The van der Waals surface area contributed by atoms with Gasteiger partial charge in [-0.15, -0.1) is 0 Å². The van der Waals surface area contributed by atoms with Crippen LogP contribution in [0.1, 0.15) is 149 Å². The number of carbonyl (C=O) groups excluding carboxylic acids is 2. The molecule has 0 bridgehead atoms. The number of hydrogen-bond donors (Lipinski definition) is 7. The number of phosphoric acid groups is 1. The van der Waals surface area contributed by atoms with E-state index >= 15 is 0 Å². The third kappa shape index (κ3) is 27.5. The van der Waals surface area contributed by atoms with Crippen LogP contribution in [-0.4, -0.2) is 110 Å². The first-order valence-corrected chi connectivity index (χ1v) is 23.7. The van der Waals surface area contributed by atoms with E-state index in [0.717, 1.165) is 64.2 Å². The SMILES string of the molecule is CCC/C=C\C/C=C\CCCCCCCC(=O)OC[C@H](COP(=O)(O)OC1[C@H](O)[C@H](O)C(O)[C@H](O)[C@H]1O)OC(=O)CCCC(O)/C=C/C=C/C/C=C/CCCCCCCC. The van der Waals surface area contributed by atoms with E-state index < -0.39 is 81.8 Å². The number of unbranched alkanes of at least 4 members (excludes halogenated alkanes) is 12. The van der Waals surface area contributed by atoms with E-state index in [1.54, 1.807) is 12.2 Å². The summed E-state index contributed by atoms with van der Waals surface area (Å²) in [5.41, 5.74) is 0. The second-order valence-corrected chi connectivity index (χ2v) is 16.8. The van der Waals surface area contributed by atoms with E-state index in [1.807, 2.05) is 12.2 Å². The van der Waals surface area contributed by atoms with Crippen molar-refractivity contribution < 1.29 is 68.2 Å². The van der Waals surface area contributed by atoms with Crippen LogP contribution >= 0.6 is 7.82 Å². The fourth-order valence-corrected chi connectivity index (χ4v) is 7.25. The lowest BCUT2D eigenvalue weighted by molar-refractivity contribution is -0.220. The molecule has 0 aromatic carbocycles. The molecule has 346 valence electrons. The zero-order valence-electron chi connectivity index (χ0n) is 36.1. The van der Waals surface area contributed by atoms with Crippen molar-refractivity contribution in [3.63, 3.8) is 0 Å². The summed E-state index contributed by atoms with van der Waals surface area (Å²) in [5, 5.41) is 60.4. The average Bonchev–Trinajstić information content (AvgIpc) is 3.22. The minimum absolute atomic E-state index is 0.109. The Balaban J connectivity index is 2.59. The second-order valence-electron chi connectivity index (χ2n) is 15.4. The zero-order valence-corrected chi connectivity index (χ0v) is 37.0. The first-order chi connectivity index (χ1) is 28.8. The number of phosphoric ester groups is 1. The number of ether oxygens (including phenoxy) is 2. The summed E-state index contributed by atoms with van der Waals surface area (Å²) < 4.78 is 33.3. The van der Waals surface area contributed by atoms with Crippen LogP contribution < -0.4 is 0 Å². The monoisotopic (exact) mass is 873 g/mol. The third-order valence-electron chi connectivity index (χ3n) is 9.92. The smallest absolute Gasteiger partial charge is 0.462 e. The van der Waals surface area contributed by atoms with Gasteiger partial charge in [0.05, 0.1) is 12.7 Å². The molecule has 14 nitrogen and oxygen atoms in total. The van der Waals surface area contributed by atoms with Crippen LogP contribution in [0.4, 0.5) is 0 Å². The van der Waals surface area contributed by atoms with Gasteiger partial charge in [-0.2, -0.15) is 0 Å². The van der Waals surface area contributed by atoms with Gasteiger partial charge in [-0.3, -0.25) is 18.6 Å². The van der Waals surface area contributed by atoms with Gasteiger partial charge in [-0.25, -0.2) is 4.57 Å². The number of carbonyl (C=O) groups is 2. The maximum atomic E-state index is 12.8. The lowest BCUT2D eigenvalue weighted by Gasteiger charge is -2.41. The predicted octanol–water partition coefficient (Wildman–Crippen LogP) is 7.14. The van der Waals surface area contributed by atoms with Crippen molar-refractivity contribution in [2.75, 3.05) is 13.2 Å². The normalized spacial score (nSPS) is 23.3. The predicted molar refractivity (Wildman–Crippen MR) is 232 cm³/mol. The molecule has 0 radical (unpaired) electrons. The van der Waals surface area contributed by atoms with E-state index in [0.29, 0.717) is 6.42 Å². The molecule has 0 heterocycles. The third-order valence-corrected chi connectivity index (χ3v) is 10.9. The zero-order chi connectivity index (χ0) is 44.4. The molecule has 0 spiro atoms. The molecule has 1 aliphatic rings. The minimum Gasteiger partial charge on any atom is -0.462 e. The lowest BCUT2D eigenvalue weighted by Crippen LogP contribution is -2.64. The molecule has 9 atom stereocenters. The van der Waals surface area contributed by atoms with E-state index in [4.69, 9.17) is 18.5 Å². The number of hydrogen-bond acceptors (Lipinski definition) is 13. The van der Waals surface area contributed by atoms with Gasteiger partial charge < -0.3 is 45.0 Å². The van der Waals surface area contributed by atoms with Gasteiger partial charge in [0.15, 0.2) is 6.10 Å². The molecule has 1 rings (SSSR count). The highest BCUT2D eigenvalue weighted by Gasteiger charge is 2.51. The van der Waals surface area contributed by atoms with Crippen molar-refractivity contribution in [3.05, 3.63) is 60.8 Å². The van der Waals surface area contributed by atoms with Crippen LogP contribution in [-0.2, 0) is 32.7 Å². The Kier molecular flexibility index (Phi) is 32.4. The molecule has 1 saturated carbocycles. The van der Waals surface area contributed by atoms with Crippen LogP contribution in [0.15, 0.2) is 60.8 Å². The summed E-state index contributed by atoms with van der Waals surface area (Å²) in [7, 11) is -5.17. The largest absolute Gasteiger partial charge is 0.472 e. The van der Waals surface area contributed by atoms with Gasteiger partial charge in [-0.05, 0) is 64.2 Å². The Bertz CT molecular complexity index is 1300. The summed E-state index contributed by atoms with van der Waals surface area (Å²) in [6, 6.07) is 0. The van der Waals surface area contributed by atoms with Crippen molar-refractivity contribution >= 4 is 19.8 Å². The van der Waals surface area contributed by atoms with Crippen molar-refractivity contribution in [1.82, 2.24) is 0 Å². The fourth-order valence-electron chi connectivity index (χ4n) is 6.27. The fraction of sp³-hybridized carbons (Fsp3) is 0.733. The van der Waals surface area contributed by atoms with E-state index in [2.05, 4.69) is 50.3 Å². The van der Waals surface area contributed by atoms with Crippen molar-refractivity contribution in [3.8, 4) is 0 Å². The summed E-state index contributed by atoms with van der Waals surface area (Å²) in [6.07, 6.45) is 24.4. The molecule has 1 fully saturated rings. The Morgan fingerprint density at radius 2 is 1.13 bits per heavy atom. The molecule has 7 N–H and O–H groups in total. The average molecular weight is 873 g/mol. The van der Waals surface area contributed by atoms with Crippen molar-refractivity contribution in [2.24, 2.45) is 0 Å². The van der Waals surface area contributed by atoms with Crippen LogP contribution in [0.5, 0.6) is 0 Å². The number of allylic oxidation sites excluding steroid dienone is 9. The molecule has 0 aliphatic heterocycles. The number of esters is 2. The summed E-state index contributed by atoms with van der Waals surface area (Å²) in [5.74, 6) is -1.32. The molecule has 60 heavy (non-hydrogen) atoms. The molecular formula is C45H77O14P. The molecule has 0 aromatic rings. The second kappa shape index (κ2) is 35.0. The molecule has 15 heteroatoms. The summed E-state index contributed by atoms with van der Waals surface area (Å²) in [4.78, 5) is 35.6. The van der Waals surface area contributed by atoms with Gasteiger partial charge in [0, 0.05) is 12.8 Å². The van der Waals surface area contributed by atoms with E-state index in [1.165, 1.54) is 38.5 Å². The Morgan fingerprint density at radius 1 is 0.600 bits per heavy atom. The minimum atomic E-state index is -5.17. The van der Waals surface area contributed by atoms with Crippen LogP contribution in [0.3, 0.4) is 0 Å². The van der Waals surface area contributed by atoms with Gasteiger partial charge in [0.2, 0.25) is 0 Å². The topological polar surface area (TPSA) is 230 Å². The molecular weight excluding hydrogens is 795 g/mol. The Hall–Kier alpha value is -2.49. The highest BCUT2D eigenvalue weighted by Crippen LogP contribution is 2.47. The molecule has 0 saturated heterocycles. The Labute approximate surface area is 358 Å². The van der Waals surface area contributed by atoms with Gasteiger partial charge in [0.1, 0.15) is 43.2 Å². The van der Waals surface area contributed by atoms with Crippen LogP contribution in [0, 0.1) is 0 Å². The molecule has 0 aromatic heterocycles. The van der Waals surface area contributed by atoms with Crippen molar-refractivity contribution in [1.29, 1.82) is 0 Å². The van der Waals surface area contributed by atoms with E-state index in [-0.39, 0.29) is 25.7 Å². The first kappa shape index (κ1) is 55.5. The first-order valence-electron chi connectivity index (χ1n) is 22.2. The van der Waals surface area contributed by atoms with Crippen molar-refractivity contribution in [2.45, 2.75) is 198 Å². The van der Waals surface area contributed by atoms with Gasteiger partial charge in [-0.1, -0.05) is 132 Å². The number of aliphatic hydroxyl groups excluding tert-OH is 6. The summed E-state index contributed by atoms with van der Waals surface area (Å²) in [6.45, 7) is 3.03. The van der Waals surface area contributed by atoms with Gasteiger partial charge in [0.25, 0.3) is 0 Å². The maximum Gasteiger partial charge on any atom is 0.472 e. The van der Waals surface area contributed by atoms with Crippen LogP contribution in [0.2, 0.25) is 0 Å². The summed E-state index contributed by atoms with van der Waals surface area (Å²) >= 11 is 0. The van der Waals surface area contributed by atoms with Gasteiger partial charge >= 0.3 is 19.8 Å². The highest BCUT2D eigenvalue weighted by molar-refractivity contribution is 7.47. The quantitative estimate of drug-likeness (QED) is 0.0110. The van der Waals surface area contributed by atoms with Crippen LogP contribution in [0.25, 0.3) is 0 Å². The molecule has 4 unspecified atom stereocenters. The molecule has 0 amide bonds. The Morgan fingerprint density at radius 3 is 1.75 bits per heavy atom. The van der Waals surface area contributed by atoms with E-state index in [9.17, 15) is 49.7 Å². The lowest BCUT2D eigenvalue weighted by atomic mass is 9.85. The number of aliphatic hydroxyl groups is 6. The molecule has 1 aliphatic carbocycles. The standard InChI is InChI=1S/C45H77O14P/c1-3-5-7-9-11-13-15-17-19-21-23-25-27-30-36(46)31-29-33-39(48)58-37(35-57-60(54,55)59-45-43(52)41(50)40(49)42(51)44(45)53)34-56-38(47)32-28-26-24-22-20-18-16-14-12-10-8-6-4-2/h8,10,14,16-17,19,23,25,27,30,36-37,40-46,49-53H,3-7,9,11-13,15,18,20-22,24,26,28-29,31-35H2,1-2H3,(H,54,55)/b10-8-,16-14-,19-17+,25-23+,30-27+/t36?,37-,40?,41-,42+,43-,44-,45?/m1/s1.